The summed E-state index contributed by atoms with van der Waals surface area (Å²) in [7, 11) is 3.16. The van der Waals surface area contributed by atoms with Gasteiger partial charge in [-0.05, 0) is 54.6 Å². The number of hydrogen-bond donors (Lipinski definition) is 2. The number of ether oxygens (including phenoxy) is 5. The second-order valence-electron chi connectivity index (χ2n) is 7.61. The Labute approximate surface area is 201 Å². The van der Waals surface area contributed by atoms with Crippen LogP contribution in [0.5, 0.6) is 34.5 Å². The lowest BCUT2D eigenvalue weighted by Gasteiger charge is -2.18. The first-order valence-electron chi connectivity index (χ1n) is 10.9. The van der Waals surface area contributed by atoms with Crippen LogP contribution in [0, 0.1) is 0 Å². The molecular weight excluding hydrogens is 450 g/mol. The van der Waals surface area contributed by atoms with Crippen molar-refractivity contribution in [1.82, 2.24) is 10.2 Å². The van der Waals surface area contributed by atoms with Gasteiger partial charge in [-0.1, -0.05) is 0 Å². The quantitative estimate of drug-likeness (QED) is 0.393. The summed E-state index contributed by atoms with van der Waals surface area (Å²) >= 11 is 0. The molecule has 9 nitrogen and oxygen atoms in total. The Balaban J connectivity index is 1.37. The van der Waals surface area contributed by atoms with Gasteiger partial charge in [0, 0.05) is 17.3 Å². The van der Waals surface area contributed by atoms with Crippen LogP contribution in [0.3, 0.4) is 0 Å². The molecule has 0 bridgehead atoms. The zero-order valence-electron chi connectivity index (χ0n) is 19.2. The predicted octanol–water partition coefficient (Wildman–Crippen LogP) is 4.91. The van der Waals surface area contributed by atoms with Crippen molar-refractivity contribution >= 4 is 11.6 Å². The molecule has 0 radical (unpaired) electrons. The molecule has 2 heterocycles. The van der Waals surface area contributed by atoms with E-state index in [2.05, 4.69) is 15.5 Å². The Morgan fingerprint density at radius 2 is 1.66 bits per heavy atom. The second-order valence-corrected chi connectivity index (χ2v) is 7.61. The van der Waals surface area contributed by atoms with Gasteiger partial charge in [-0.15, -0.1) is 0 Å². The van der Waals surface area contributed by atoms with Crippen LogP contribution in [0.2, 0.25) is 0 Å². The highest BCUT2D eigenvalue weighted by molar-refractivity contribution is 6.08. The van der Waals surface area contributed by atoms with Crippen LogP contribution in [-0.2, 0) is 0 Å². The molecule has 9 heteroatoms. The summed E-state index contributed by atoms with van der Waals surface area (Å²) in [6.45, 7) is 0.987. The topological polar surface area (TPSA) is 104 Å². The molecule has 0 atom stereocenters. The van der Waals surface area contributed by atoms with Gasteiger partial charge in [0.25, 0.3) is 5.91 Å². The Morgan fingerprint density at radius 3 is 2.43 bits per heavy atom. The van der Waals surface area contributed by atoms with Gasteiger partial charge in [-0.2, -0.15) is 5.10 Å². The number of rotatable bonds is 7. The molecule has 0 saturated heterocycles. The molecule has 35 heavy (non-hydrogen) atoms. The molecule has 0 aliphatic carbocycles. The van der Waals surface area contributed by atoms with Crippen LogP contribution in [0.15, 0.2) is 66.9 Å². The molecule has 1 aliphatic rings. The Morgan fingerprint density at radius 1 is 0.886 bits per heavy atom. The largest absolute Gasteiger partial charge is 0.497 e. The van der Waals surface area contributed by atoms with Crippen LogP contribution in [0.4, 0.5) is 5.69 Å². The first-order chi connectivity index (χ1) is 17.1. The van der Waals surface area contributed by atoms with Crippen LogP contribution >= 0.6 is 0 Å². The molecular formula is C26H23N3O6. The third-order valence-corrected chi connectivity index (χ3v) is 5.42. The molecule has 3 aromatic carbocycles. The van der Waals surface area contributed by atoms with E-state index in [-0.39, 0.29) is 5.91 Å². The van der Waals surface area contributed by atoms with Gasteiger partial charge in [0.1, 0.15) is 24.7 Å². The van der Waals surface area contributed by atoms with Gasteiger partial charge in [0.2, 0.25) is 0 Å². The Hall–Kier alpha value is -4.66. The van der Waals surface area contributed by atoms with E-state index in [4.69, 9.17) is 23.7 Å². The van der Waals surface area contributed by atoms with Crippen molar-refractivity contribution in [3.63, 3.8) is 0 Å². The van der Waals surface area contributed by atoms with E-state index in [1.165, 1.54) is 6.20 Å². The lowest BCUT2D eigenvalue weighted by atomic mass is 10.1. The molecule has 5 rings (SSSR count). The van der Waals surface area contributed by atoms with E-state index >= 15 is 0 Å². The lowest BCUT2D eigenvalue weighted by molar-refractivity contribution is 0.102. The maximum absolute atomic E-state index is 13.1. The smallest absolute Gasteiger partial charge is 0.259 e. The predicted molar refractivity (Wildman–Crippen MR) is 129 cm³/mol. The van der Waals surface area contributed by atoms with E-state index in [1.54, 1.807) is 56.7 Å². The molecule has 178 valence electrons. The number of aromatic nitrogens is 2. The van der Waals surface area contributed by atoms with Gasteiger partial charge in [-0.3, -0.25) is 9.89 Å². The Kier molecular flexibility index (Phi) is 6.13. The highest BCUT2D eigenvalue weighted by Gasteiger charge is 2.19. The fourth-order valence-corrected chi connectivity index (χ4v) is 3.68. The summed E-state index contributed by atoms with van der Waals surface area (Å²) in [6, 6.07) is 17.8. The first kappa shape index (κ1) is 22.1. The monoisotopic (exact) mass is 473 g/mol. The van der Waals surface area contributed by atoms with E-state index < -0.39 is 0 Å². The van der Waals surface area contributed by atoms with Crippen molar-refractivity contribution in [2.45, 2.75) is 0 Å². The minimum atomic E-state index is -0.329. The van der Waals surface area contributed by atoms with Crippen molar-refractivity contribution in [3.05, 3.63) is 72.4 Å². The van der Waals surface area contributed by atoms with E-state index in [0.717, 1.165) is 11.3 Å². The highest BCUT2D eigenvalue weighted by atomic mass is 16.6. The number of fused-ring (bicyclic) bond motifs is 1. The third kappa shape index (κ3) is 4.70. The van der Waals surface area contributed by atoms with Crippen LogP contribution in [0.1, 0.15) is 10.4 Å². The molecule has 0 saturated carbocycles. The number of amides is 1. The lowest BCUT2D eigenvalue weighted by Crippen LogP contribution is -2.15. The summed E-state index contributed by atoms with van der Waals surface area (Å²) in [5.74, 6) is 3.28. The highest BCUT2D eigenvalue weighted by Crippen LogP contribution is 2.36. The van der Waals surface area contributed by atoms with E-state index in [0.29, 0.717) is 58.9 Å². The van der Waals surface area contributed by atoms with Crippen molar-refractivity contribution in [3.8, 4) is 45.8 Å². The van der Waals surface area contributed by atoms with Crippen molar-refractivity contribution in [2.75, 3.05) is 32.8 Å². The number of methoxy groups -OCH3 is 2. The third-order valence-electron chi connectivity index (χ3n) is 5.42. The summed E-state index contributed by atoms with van der Waals surface area (Å²) in [5, 5.41) is 9.88. The van der Waals surface area contributed by atoms with Gasteiger partial charge in [-0.25, -0.2) is 0 Å². The van der Waals surface area contributed by atoms with Gasteiger partial charge in [0.15, 0.2) is 23.0 Å². The molecule has 1 amide bonds. The summed E-state index contributed by atoms with van der Waals surface area (Å²) < 4.78 is 27.8. The van der Waals surface area contributed by atoms with Crippen molar-refractivity contribution in [2.24, 2.45) is 0 Å². The fraction of sp³-hybridized carbons (Fsp3) is 0.154. The zero-order chi connectivity index (χ0) is 24.2. The SMILES string of the molecule is COc1ccc(Oc2cc(NC(=O)c3cn[nH]c3-c3ccc4c(c3)OCCO4)ccc2OC)cc1. The van der Waals surface area contributed by atoms with E-state index in [1.807, 2.05) is 18.2 Å². The van der Waals surface area contributed by atoms with Crippen LogP contribution < -0.4 is 29.0 Å². The first-order valence-corrected chi connectivity index (χ1v) is 10.9. The number of nitrogens with one attached hydrogen (secondary N) is 2. The number of aromatic amines is 1. The summed E-state index contributed by atoms with van der Waals surface area (Å²) in [6.07, 6.45) is 1.49. The second kappa shape index (κ2) is 9.68. The normalized spacial score (nSPS) is 12.1. The molecule has 1 aromatic heterocycles. The zero-order valence-corrected chi connectivity index (χ0v) is 19.2. The standard InChI is InChI=1S/C26H23N3O6/c1-31-18-5-7-19(8-6-18)35-24-14-17(4-10-21(24)32-2)28-26(30)20-15-27-29-25(20)16-3-9-22-23(13-16)34-12-11-33-22/h3-10,13-15H,11-12H2,1-2H3,(H,27,29)(H,28,30). The molecule has 4 aromatic rings. The summed E-state index contributed by atoms with van der Waals surface area (Å²) in [4.78, 5) is 13.1. The number of H-pyrrole nitrogens is 1. The molecule has 0 spiro atoms. The number of hydrogen-bond acceptors (Lipinski definition) is 7. The van der Waals surface area contributed by atoms with Crippen LogP contribution in [0.25, 0.3) is 11.3 Å². The number of carbonyl (C=O) groups is 1. The fourth-order valence-electron chi connectivity index (χ4n) is 3.68. The molecule has 1 aliphatic heterocycles. The van der Waals surface area contributed by atoms with Gasteiger partial charge in [0.05, 0.1) is 31.7 Å². The summed E-state index contributed by atoms with van der Waals surface area (Å²) in [5.41, 5.74) is 2.25. The van der Waals surface area contributed by atoms with Gasteiger partial charge < -0.3 is 29.0 Å². The Bertz CT molecular complexity index is 1350. The molecule has 0 fully saturated rings. The van der Waals surface area contributed by atoms with Gasteiger partial charge >= 0.3 is 0 Å². The maximum atomic E-state index is 13.1. The van der Waals surface area contributed by atoms with Crippen LogP contribution in [-0.4, -0.2) is 43.5 Å². The number of anilines is 1. The van der Waals surface area contributed by atoms with Crippen molar-refractivity contribution < 1.29 is 28.5 Å². The minimum absolute atomic E-state index is 0.329. The van der Waals surface area contributed by atoms with Crippen molar-refractivity contribution in [1.29, 1.82) is 0 Å². The molecule has 2 N–H and O–H groups in total. The van der Waals surface area contributed by atoms with E-state index in [9.17, 15) is 4.79 Å². The number of nitrogens with zero attached hydrogens (tertiary/aromatic N) is 1. The number of carbonyl (C=O) groups excluding carboxylic acids is 1. The average molecular weight is 473 g/mol. The molecule has 0 unspecified atom stereocenters. The minimum Gasteiger partial charge on any atom is -0.497 e. The average Bonchev–Trinajstić information content (AvgIpc) is 3.39. The number of benzene rings is 3. The maximum Gasteiger partial charge on any atom is 0.259 e.